The maximum absolute atomic E-state index is 12.2. The van der Waals surface area contributed by atoms with Crippen LogP contribution in [0.3, 0.4) is 0 Å². The number of aryl methyl sites for hydroxylation is 1. The van der Waals surface area contributed by atoms with Crippen LogP contribution in [0.5, 0.6) is 0 Å². The molecule has 0 aliphatic carbocycles. The lowest BCUT2D eigenvalue weighted by atomic mass is 9.83. The van der Waals surface area contributed by atoms with E-state index in [1.807, 2.05) is 12.3 Å². The highest BCUT2D eigenvalue weighted by molar-refractivity contribution is 7.09. The van der Waals surface area contributed by atoms with Gasteiger partial charge in [-0.1, -0.05) is 34.6 Å². The summed E-state index contributed by atoms with van der Waals surface area (Å²) in [5.41, 5.74) is 0.608. The van der Waals surface area contributed by atoms with E-state index in [-0.39, 0.29) is 17.4 Å². The van der Waals surface area contributed by atoms with Gasteiger partial charge in [0.25, 0.3) is 5.91 Å². The predicted octanol–water partition coefficient (Wildman–Crippen LogP) is 4.03. The average Bonchev–Trinajstić information content (AvgIpc) is 2.68. The van der Waals surface area contributed by atoms with Gasteiger partial charge in [0.2, 0.25) is 0 Å². The average molecular weight is 282 g/mol. The minimum absolute atomic E-state index is 0.0481. The Kier molecular flexibility index (Phi) is 5.53. The topological polar surface area (TPSA) is 42.0 Å². The standard InChI is InChI=1S/C15H26N2OS/c1-10(2)7-8-13(15(4,5)6)17-14(18)12-9-19-11(3)16-12/h9-10,13H,7-8H2,1-6H3,(H,17,18). The summed E-state index contributed by atoms with van der Waals surface area (Å²) in [7, 11) is 0. The van der Waals surface area contributed by atoms with Crippen molar-refractivity contribution < 1.29 is 4.79 Å². The number of hydrogen-bond donors (Lipinski definition) is 1. The van der Waals surface area contributed by atoms with E-state index in [0.717, 1.165) is 17.8 Å². The highest BCUT2D eigenvalue weighted by Gasteiger charge is 2.27. The molecule has 1 N–H and O–H groups in total. The van der Waals surface area contributed by atoms with Gasteiger partial charge >= 0.3 is 0 Å². The molecule has 1 aromatic heterocycles. The molecule has 0 radical (unpaired) electrons. The lowest BCUT2D eigenvalue weighted by Crippen LogP contribution is -2.44. The van der Waals surface area contributed by atoms with Crippen LogP contribution >= 0.6 is 11.3 Å². The van der Waals surface area contributed by atoms with Gasteiger partial charge in [0.1, 0.15) is 5.69 Å². The van der Waals surface area contributed by atoms with Gasteiger partial charge in [-0.2, -0.15) is 0 Å². The summed E-state index contributed by atoms with van der Waals surface area (Å²) in [6.45, 7) is 12.9. The molecule has 0 saturated carbocycles. The van der Waals surface area contributed by atoms with E-state index in [1.54, 1.807) is 0 Å². The van der Waals surface area contributed by atoms with Gasteiger partial charge in [-0.3, -0.25) is 4.79 Å². The zero-order valence-electron chi connectivity index (χ0n) is 12.9. The molecule has 19 heavy (non-hydrogen) atoms. The number of amides is 1. The zero-order valence-corrected chi connectivity index (χ0v) is 13.7. The minimum atomic E-state index is -0.0481. The number of nitrogens with zero attached hydrogens (tertiary/aromatic N) is 1. The molecular weight excluding hydrogens is 256 g/mol. The second-order valence-electron chi connectivity index (χ2n) is 6.62. The molecule has 1 aromatic rings. The maximum atomic E-state index is 12.2. The number of nitrogens with one attached hydrogen (secondary N) is 1. The number of rotatable bonds is 5. The first kappa shape index (κ1) is 16.2. The Morgan fingerprint density at radius 3 is 2.42 bits per heavy atom. The number of hydrogen-bond acceptors (Lipinski definition) is 3. The van der Waals surface area contributed by atoms with Crippen molar-refractivity contribution >= 4 is 17.2 Å². The van der Waals surface area contributed by atoms with E-state index >= 15 is 0 Å². The summed E-state index contributed by atoms with van der Waals surface area (Å²) in [6.07, 6.45) is 2.13. The summed E-state index contributed by atoms with van der Waals surface area (Å²) in [5, 5.41) is 5.90. The minimum Gasteiger partial charge on any atom is -0.347 e. The molecule has 1 atom stereocenters. The molecule has 0 aliphatic rings. The molecule has 4 heteroatoms. The van der Waals surface area contributed by atoms with E-state index in [4.69, 9.17) is 0 Å². The monoisotopic (exact) mass is 282 g/mol. The Morgan fingerprint density at radius 2 is 2.00 bits per heavy atom. The van der Waals surface area contributed by atoms with Crippen LogP contribution in [0.4, 0.5) is 0 Å². The van der Waals surface area contributed by atoms with Crippen LogP contribution in [-0.2, 0) is 0 Å². The fourth-order valence-electron chi connectivity index (χ4n) is 1.92. The molecule has 1 rings (SSSR count). The van der Waals surface area contributed by atoms with Crippen molar-refractivity contribution in [1.82, 2.24) is 10.3 Å². The maximum Gasteiger partial charge on any atom is 0.270 e. The van der Waals surface area contributed by atoms with Gasteiger partial charge in [0.15, 0.2) is 0 Å². The first-order valence-electron chi connectivity index (χ1n) is 6.93. The van der Waals surface area contributed by atoms with Crippen molar-refractivity contribution in [2.24, 2.45) is 11.3 Å². The van der Waals surface area contributed by atoms with Crippen LogP contribution in [0.1, 0.15) is 63.0 Å². The van der Waals surface area contributed by atoms with Crippen LogP contribution in [0.15, 0.2) is 5.38 Å². The van der Waals surface area contributed by atoms with Crippen LogP contribution in [0.25, 0.3) is 0 Å². The SMILES string of the molecule is Cc1nc(C(=O)NC(CCC(C)C)C(C)(C)C)cs1. The lowest BCUT2D eigenvalue weighted by Gasteiger charge is -2.32. The van der Waals surface area contributed by atoms with Crippen LogP contribution in [0.2, 0.25) is 0 Å². The molecule has 1 heterocycles. The first-order chi connectivity index (χ1) is 8.70. The zero-order chi connectivity index (χ0) is 14.6. The second-order valence-corrected chi connectivity index (χ2v) is 7.68. The Bertz CT molecular complexity index is 418. The summed E-state index contributed by atoms with van der Waals surface area (Å²) in [4.78, 5) is 16.4. The smallest absolute Gasteiger partial charge is 0.270 e. The molecule has 1 unspecified atom stereocenters. The Hall–Kier alpha value is -0.900. The van der Waals surface area contributed by atoms with Gasteiger partial charge in [-0.25, -0.2) is 4.98 Å². The van der Waals surface area contributed by atoms with Crippen molar-refractivity contribution in [3.63, 3.8) is 0 Å². The van der Waals surface area contributed by atoms with Crippen molar-refractivity contribution in [2.45, 2.75) is 60.4 Å². The second kappa shape index (κ2) is 6.51. The number of aromatic nitrogens is 1. The van der Waals surface area contributed by atoms with Gasteiger partial charge in [-0.15, -0.1) is 11.3 Å². The quantitative estimate of drug-likeness (QED) is 0.886. The molecule has 0 saturated heterocycles. The molecule has 0 fully saturated rings. The molecular formula is C15H26N2OS. The molecule has 108 valence electrons. The largest absolute Gasteiger partial charge is 0.347 e. The summed E-state index contributed by atoms with van der Waals surface area (Å²) >= 11 is 1.51. The lowest BCUT2D eigenvalue weighted by molar-refractivity contribution is 0.0889. The number of carbonyl (C=O) groups excluding carboxylic acids is 1. The number of thiazole rings is 1. The van der Waals surface area contributed by atoms with E-state index in [1.165, 1.54) is 11.3 Å². The van der Waals surface area contributed by atoms with Crippen molar-refractivity contribution in [1.29, 1.82) is 0 Å². The third-order valence-corrected chi connectivity index (χ3v) is 4.01. The molecule has 1 amide bonds. The fraction of sp³-hybridized carbons (Fsp3) is 0.733. The highest BCUT2D eigenvalue weighted by atomic mass is 32.1. The first-order valence-corrected chi connectivity index (χ1v) is 7.81. The van der Waals surface area contributed by atoms with Crippen molar-refractivity contribution in [2.75, 3.05) is 0 Å². The van der Waals surface area contributed by atoms with E-state index < -0.39 is 0 Å². The molecule has 0 aliphatic heterocycles. The van der Waals surface area contributed by atoms with Crippen LogP contribution in [-0.4, -0.2) is 16.9 Å². The van der Waals surface area contributed by atoms with Crippen molar-refractivity contribution in [3.05, 3.63) is 16.1 Å². The predicted molar refractivity (Wildman–Crippen MR) is 81.6 cm³/mol. The molecule has 0 aromatic carbocycles. The van der Waals surface area contributed by atoms with Crippen LogP contribution < -0.4 is 5.32 Å². The van der Waals surface area contributed by atoms with Crippen LogP contribution in [0, 0.1) is 18.3 Å². The summed E-state index contributed by atoms with van der Waals surface area (Å²) < 4.78 is 0. The van der Waals surface area contributed by atoms with Gasteiger partial charge in [0.05, 0.1) is 5.01 Å². The Morgan fingerprint density at radius 1 is 1.37 bits per heavy atom. The normalized spacial score (nSPS) is 13.6. The van der Waals surface area contributed by atoms with Crippen molar-refractivity contribution in [3.8, 4) is 0 Å². The summed E-state index contributed by atoms with van der Waals surface area (Å²) in [5.74, 6) is 0.608. The molecule has 0 bridgehead atoms. The highest BCUT2D eigenvalue weighted by Crippen LogP contribution is 2.25. The van der Waals surface area contributed by atoms with E-state index in [2.05, 4.69) is 44.9 Å². The molecule has 0 spiro atoms. The summed E-state index contributed by atoms with van der Waals surface area (Å²) in [6, 6.07) is 0.185. The Balaban J connectivity index is 2.69. The fourth-order valence-corrected chi connectivity index (χ4v) is 2.51. The van der Waals surface area contributed by atoms with E-state index in [0.29, 0.717) is 11.6 Å². The number of carbonyl (C=O) groups is 1. The van der Waals surface area contributed by atoms with Gasteiger partial charge in [0, 0.05) is 11.4 Å². The third-order valence-electron chi connectivity index (χ3n) is 3.24. The Labute approximate surface area is 120 Å². The third kappa shape index (κ3) is 5.31. The van der Waals surface area contributed by atoms with Gasteiger partial charge in [-0.05, 0) is 31.1 Å². The van der Waals surface area contributed by atoms with E-state index in [9.17, 15) is 4.79 Å². The molecule has 3 nitrogen and oxygen atoms in total. The van der Waals surface area contributed by atoms with Gasteiger partial charge < -0.3 is 5.32 Å².